The highest BCUT2D eigenvalue weighted by atomic mass is 16.1. The zero-order valence-electron chi connectivity index (χ0n) is 12.9. The SMILES string of the molecule is CC(CNC(=O)CC1CCCC(N)C1)N1CCCCC1. The molecule has 2 fully saturated rings. The van der Waals surface area contributed by atoms with Crippen LogP contribution in [0.1, 0.15) is 58.3 Å². The van der Waals surface area contributed by atoms with Gasteiger partial charge >= 0.3 is 0 Å². The lowest BCUT2D eigenvalue weighted by molar-refractivity contribution is -0.122. The van der Waals surface area contributed by atoms with Crippen molar-refractivity contribution in [3.63, 3.8) is 0 Å². The first-order valence-electron chi connectivity index (χ1n) is 8.41. The lowest BCUT2D eigenvalue weighted by atomic mass is 9.84. The number of rotatable bonds is 5. The molecule has 1 aliphatic carbocycles. The van der Waals surface area contributed by atoms with Gasteiger partial charge in [0.05, 0.1) is 0 Å². The molecule has 2 rings (SSSR count). The maximum atomic E-state index is 12.0. The summed E-state index contributed by atoms with van der Waals surface area (Å²) in [6.07, 6.45) is 9.14. The van der Waals surface area contributed by atoms with Gasteiger partial charge in [-0.1, -0.05) is 12.8 Å². The minimum atomic E-state index is 0.216. The molecular formula is C16H31N3O. The molecule has 3 N–H and O–H groups in total. The molecule has 20 heavy (non-hydrogen) atoms. The van der Waals surface area contributed by atoms with Crippen LogP contribution < -0.4 is 11.1 Å². The minimum absolute atomic E-state index is 0.216. The zero-order chi connectivity index (χ0) is 14.4. The molecule has 4 nitrogen and oxygen atoms in total. The monoisotopic (exact) mass is 281 g/mol. The van der Waals surface area contributed by atoms with Crippen LogP contribution in [-0.2, 0) is 4.79 Å². The lowest BCUT2D eigenvalue weighted by Crippen LogP contribution is -2.44. The summed E-state index contributed by atoms with van der Waals surface area (Å²) in [4.78, 5) is 14.5. The van der Waals surface area contributed by atoms with E-state index in [1.54, 1.807) is 0 Å². The van der Waals surface area contributed by atoms with Crippen LogP contribution in [0.25, 0.3) is 0 Å². The highest BCUT2D eigenvalue weighted by Crippen LogP contribution is 2.25. The number of carbonyl (C=O) groups excluding carboxylic acids is 1. The fourth-order valence-corrected chi connectivity index (χ4v) is 3.60. The van der Waals surface area contributed by atoms with E-state index in [1.165, 1.54) is 45.2 Å². The van der Waals surface area contributed by atoms with Gasteiger partial charge in [-0.15, -0.1) is 0 Å². The Morgan fingerprint density at radius 2 is 2.00 bits per heavy atom. The molecule has 0 bridgehead atoms. The Labute approximate surface area is 123 Å². The van der Waals surface area contributed by atoms with Gasteiger partial charge in [0.15, 0.2) is 0 Å². The van der Waals surface area contributed by atoms with Gasteiger partial charge in [0.2, 0.25) is 5.91 Å². The van der Waals surface area contributed by atoms with E-state index in [-0.39, 0.29) is 5.91 Å². The van der Waals surface area contributed by atoms with Gasteiger partial charge in [-0.25, -0.2) is 0 Å². The Morgan fingerprint density at radius 3 is 2.70 bits per heavy atom. The summed E-state index contributed by atoms with van der Waals surface area (Å²) in [5.74, 6) is 0.719. The van der Waals surface area contributed by atoms with E-state index in [1.807, 2.05) is 0 Å². The Hall–Kier alpha value is -0.610. The predicted molar refractivity (Wildman–Crippen MR) is 82.4 cm³/mol. The standard InChI is InChI=1S/C16H31N3O/c1-13(19-8-3-2-4-9-19)12-18-16(20)11-14-6-5-7-15(17)10-14/h13-15H,2-12,17H2,1H3,(H,18,20). The van der Waals surface area contributed by atoms with Gasteiger partial charge in [-0.3, -0.25) is 9.69 Å². The first-order chi connectivity index (χ1) is 9.65. The maximum Gasteiger partial charge on any atom is 0.220 e. The largest absolute Gasteiger partial charge is 0.355 e. The second-order valence-corrected chi connectivity index (χ2v) is 6.75. The van der Waals surface area contributed by atoms with Crippen LogP contribution >= 0.6 is 0 Å². The third-order valence-electron chi connectivity index (χ3n) is 4.91. The maximum absolute atomic E-state index is 12.0. The van der Waals surface area contributed by atoms with Crippen molar-refractivity contribution < 1.29 is 4.79 Å². The minimum Gasteiger partial charge on any atom is -0.355 e. The number of nitrogens with one attached hydrogen (secondary N) is 1. The Bertz CT molecular complexity index is 302. The Balaban J connectivity index is 1.63. The Kier molecular flexibility index (Phi) is 6.30. The summed E-state index contributed by atoms with van der Waals surface area (Å²) in [5.41, 5.74) is 5.98. The summed E-state index contributed by atoms with van der Waals surface area (Å²) in [6.45, 7) is 5.39. The van der Waals surface area contributed by atoms with E-state index < -0.39 is 0 Å². The van der Waals surface area contributed by atoms with Gasteiger partial charge in [0.1, 0.15) is 0 Å². The van der Waals surface area contributed by atoms with Crippen molar-refractivity contribution in [2.75, 3.05) is 19.6 Å². The summed E-state index contributed by atoms with van der Waals surface area (Å²) in [5, 5.41) is 3.12. The van der Waals surface area contributed by atoms with E-state index >= 15 is 0 Å². The van der Waals surface area contributed by atoms with Crippen molar-refractivity contribution in [2.45, 2.75) is 70.4 Å². The summed E-state index contributed by atoms with van der Waals surface area (Å²) in [7, 11) is 0. The quantitative estimate of drug-likeness (QED) is 0.809. The van der Waals surface area contributed by atoms with Crippen LogP contribution in [0.4, 0.5) is 0 Å². The predicted octanol–water partition coefficient (Wildman–Crippen LogP) is 1.88. The van der Waals surface area contributed by atoms with Crippen LogP contribution in [0, 0.1) is 5.92 Å². The van der Waals surface area contributed by atoms with Crippen LogP contribution in [-0.4, -0.2) is 42.5 Å². The molecule has 0 aromatic rings. The average Bonchev–Trinajstić information content (AvgIpc) is 2.46. The van der Waals surface area contributed by atoms with Crippen molar-refractivity contribution in [3.8, 4) is 0 Å². The third kappa shape index (κ3) is 5.06. The van der Waals surface area contributed by atoms with Gasteiger partial charge in [-0.2, -0.15) is 0 Å². The number of amides is 1. The van der Waals surface area contributed by atoms with Crippen molar-refractivity contribution in [2.24, 2.45) is 11.7 Å². The molecule has 3 unspecified atom stereocenters. The number of hydrogen-bond donors (Lipinski definition) is 2. The number of nitrogens with zero attached hydrogens (tertiary/aromatic N) is 1. The second-order valence-electron chi connectivity index (χ2n) is 6.75. The number of piperidine rings is 1. The molecule has 0 spiro atoms. The van der Waals surface area contributed by atoms with E-state index in [0.717, 1.165) is 19.4 Å². The average molecular weight is 281 g/mol. The van der Waals surface area contributed by atoms with E-state index in [4.69, 9.17) is 5.73 Å². The molecule has 4 heteroatoms. The number of nitrogens with two attached hydrogens (primary N) is 1. The molecule has 0 aromatic heterocycles. The molecule has 2 aliphatic rings. The molecular weight excluding hydrogens is 250 g/mol. The van der Waals surface area contributed by atoms with Crippen LogP contribution in [0.15, 0.2) is 0 Å². The zero-order valence-corrected chi connectivity index (χ0v) is 12.9. The third-order valence-corrected chi connectivity index (χ3v) is 4.91. The molecule has 1 amide bonds. The first-order valence-corrected chi connectivity index (χ1v) is 8.41. The molecule has 1 saturated heterocycles. The Morgan fingerprint density at radius 1 is 1.25 bits per heavy atom. The molecule has 1 aliphatic heterocycles. The molecule has 1 heterocycles. The van der Waals surface area contributed by atoms with Crippen LogP contribution in [0.3, 0.4) is 0 Å². The van der Waals surface area contributed by atoms with Gasteiger partial charge in [0.25, 0.3) is 0 Å². The number of carbonyl (C=O) groups is 1. The highest BCUT2D eigenvalue weighted by Gasteiger charge is 2.22. The van der Waals surface area contributed by atoms with E-state index in [9.17, 15) is 4.79 Å². The molecule has 3 atom stereocenters. The molecule has 0 radical (unpaired) electrons. The molecule has 1 saturated carbocycles. The fourth-order valence-electron chi connectivity index (χ4n) is 3.60. The number of likely N-dealkylation sites (tertiary alicyclic amines) is 1. The second kappa shape index (κ2) is 7.99. The van der Waals surface area contributed by atoms with Crippen molar-refractivity contribution in [3.05, 3.63) is 0 Å². The lowest BCUT2D eigenvalue weighted by Gasteiger charge is -2.32. The summed E-state index contributed by atoms with van der Waals surface area (Å²) in [6, 6.07) is 0.779. The van der Waals surface area contributed by atoms with Crippen molar-refractivity contribution in [1.82, 2.24) is 10.2 Å². The van der Waals surface area contributed by atoms with Gasteiger partial charge in [-0.05, 0) is 58.0 Å². The van der Waals surface area contributed by atoms with Crippen LogP contribution in [0.2, 0.25) is 0 Å². The molecule has 116 valence electrons. The number of hydrogen-bond acceptors (Lipinski definition) is 3. The summed E-state index contributed by atoms with van der Waals surface area (Å²) >= 11 is 0. The summed E-state index contributed by atoms with van der Waals surface area (Å²) < 4.78 is 0. The topological polar surface area (TPSA) is 58.4 Å². The fraction of sp³-hybridized carbons (Fsp3) is 0.938. The highest BCUT2D eigenvalue weighted by molar-refractivity contribution is 5.76. The van der Waals surface area contributed by atoms with Gasteiger partial charge in [0, 0.05) is 25.0 Å². The normalized spacial score (nSPS) is 29.9. The van der Waals surface area contributed by atoms with Crippen molar-refractivity contribution in [1.29, 1.82) is 0 Å². The van der Waals surface area contributed by atoms with Gasteiger partial charge < -0.3 is 11.1 Å². The van der Waals surface area contributed by atoms with Crippen LogP contribution in [0.5, 0.6) is 0 Å². The molecule has 0 aromatic carbocycles. The van der Waals surface area contributed by atoms with E-state index in [0.29, 0.717) is 24.4 Å². The smallest absolute Gasteiger partial charge is 0.220 e. The first kappa shape index (κ1) is 15.8. The van der Waals surface area contributed by atoms with E-state index in [2.05, 4.69) is 17.1 Å². The van der Waals surface area contributed by atoms with Crippen molar-refractivity contribution >= 4 is 5.91 Å².